The molecule has 0 saturated carbocycles. The van der Waals surface area contributed by atoms with Gasteiger partial charge in [-0.15, -0.1) is 0 Å². The largest absolute Gasteiger partial charge is 0.366 e. The van der Waals surface area contributed by atoms with Gasteiger partial charge in [-0.2, -0.15) is 10.2 Å². The Balaban J connectivity index is 0.000000120. The first kappa shape index (κ1) is 94.6. The summed E-state index contributed by atoms with van der Waals surface area (Å²) in [7, 11) is 3.40. The van der Waals surface area contributed by atoms with Crippen molar-refractivity contribution in [2.75, 3.05) is 20.1 Å². The number of aliphatic imine (C=N–C) groups is 3. The van der Waals surface area contributed by atoms with Gasteiger partial charge < -0.3 is 70.5 Å². The van der Waals surface area contributed by atoms with Crippen LogP contribution in [-0.4, -0.2) is 155 Å². The van der Waals surface area contributed by atoms with Crippen molar-refractivity contribution in [1.82, 2.24) is 55.7 Å². The van der Waals surface area contributed by atoms with Crippen molar-refractivity contribution in [3.8, 4) is 16.9 Å². The monoisotopic (exact) mass is 1850 g/mol. The maximum Gasteiger partial charge on any atom is 0.255 e. The molecule has 0 bridgehead atoms. The molecule has 0 saturated heterocycles. The normalized spacial score (nSPS) is 17.8. The molecule has 3 aliphatic carbocycles. The zero-order chi connectivity index (χ0) is 97.6. The fraction of sp³-hybridized carbons (Fsp3) is 0.192. The Bertz CT molecular complexity index is 7390. The molecule has 6 atom stereocenters. The number of allylic oxidation sites excluding steroid dienone is 6. The SMILES string of the molecule is CC1=NC2C(C(N)=O)=CC=CC2N1.CN1Cc2cc(F)cc(C(N)=O)c2C1=O.Cc1[nH]c2cc(F)cc3c2c1CCNC3=O.Cc1ccc(-c2[nH]c3cc(F)cc4c3c2CCNC4=O)cc1.Cc1ccc(-n2cc3cccc(C(N)=O)c3n2)cc1.Cc1ccc(C2=NC3C(C(N)=O)=CC=CC3N2)cc1.Cc1ccc(C2=NC3C=CC=C(C(N)=O)C3C2)c(F)c1.Cn1cc2cccc(C(N)=O)c2n1. The topological polar surface area (TPSA) is 465 Å². The lowest BCUT2D eigenvalue weighted by Gasteiger charge is -2.19. The summed E-state index contributed by atoms with van der Waals surface area (Å²) in [6, 6.07) is 47.7. The zero-order valence-corrected chi connectivity index (χ0v) is 75.9. The second-order valence-corrected chi connectivity index (χ2v) is 34.0. The molecule has 0 fully saturated rings. The highest BCUT2D eigenvalue weighted by atomic mass is 19.1. The number of hydrogen-bond acceptors (Lipinski definition) is 16. The number of carbonyl (C=O) groups is 9. The van der Waals surface area contributed by atoms with Crippen LogP contribution in [0.15, 0.2) is 263 Å². The molecule has 29 nitrogen and oxygen atoms in total. The van der Waals surface area contributed by atoms with Gasteiger partial charge in [-0.1, -0.05) is 162 Å². The number of primary amides is 6. The Labute approximate surface area is 783 Å². The number of carbonyl (C=O) groups excluding carboxylic acids is 9. The summed E-state index contributed by atoms with van der Waals surface area (Å²) in [6.45, 7) is 13.3. The first-order chi connectivity index (χ1) is 65.5. The second-order valence-electron chi connectivity index (χ2n) is 34.0. The van der Waals surface area contributed by atoms with Crippen LogP contribution in [0.4, 0.5) is 17.6 Å². The highest BCUT2D eigenvalue weighted by molar-refractivity contribution is 6.13. The number of benzene rings is 9. The maximum absolute atomic E-state index is 14.0. The molecular weight excluding hydrogens is 1750 g/mol. The molecule has 18 N–H and O–H groups in total. The van der Waals surface area contributed by atoms with E-state index in [4.69, 9.17) is 34.4 Å². The Hall–Kier alpha value is -17.0. The lowest BCUT2D eigenvalue weighted by molar-refractivity contribution is -0.115. The minimum absolute atomic E-state index is 0.0174. The lowest BCUT2D eigenvalue weighted by Crippen LogP contribution is -2.38. The second kappa shape index (κ2) is 40.2. The molecule has 13 aromatic rings. The number of nitrogens with two attached hydrogens (primary N) is 6. The summed E-state index contributed by atoms with van der Waals surface area (Å²) >= 11 is 0. The number of rotatable bonds is 10. The van der Waals surface area contributed by atoms with Gasteiger partial charge >= 0.3 is 0 Å². The lowest BCUT2D eigenvalue weighted by atomic mass is 9.85. The Morgan fingerprint density at radius 2 is 0.971 bits per heavy atom. The van der Waals surface area contributed by atoms with Gasteiger partial charge in [0.1, 0.15) is 52.2 Å². The highest BCUT2D eigenvalue weighted by Gasteiger charge is 2.38. The zero-order valence-electron chi connectivity index (χ0n) is 75.9. The van der Waals surface area contributed by atoms with Gasteiger partial charge in [-0.05, 0) is 161 Å². The van der Waals surface area contributed by atoms with Gasteiger partial charge in [0, 0.05) is 130 Å². The quantitative estimate of drug-likeness (QED) is 0.0567. The van der Waals surface area contributed by atoms with Crippen LogP contribution in [0, 0.1) is 63.8 Å². The van der Waals surface area contributed by atoms with Crippen LogP contribution < -0.4 is 55.7 Å². The molecule has 696 valence electrons. The summed E-state index contributed by atoms with van der Waals surface area (Å²) in [6.07, 6.45) is 22.4. The van der Waals surface area contributed by atoms with Crippen molar-refractivity contribution in [3.63, 3.8) is 0 Å². The predicted octanol–water partition coefficient (Wildman–Crippen LogP) is 12.2. The van der Waals surface area contributed by atoms with Gasteiger partial charge in [0.25, 0.3) is 29.5 Å². The third-order valence-corrected chi connectivity index (χ3v) is 24.2. The summed E-state index contributed by atoms with van der Waals surface area (Å²) in [5.74, 6) is -3.59. The van der Waals surface area contributed by atoms with E-state index in [1.807, 2.05) is 176 Å². The average molecular weight is 1850 g/mol. The van der Waals surface area contributed by atoms with Crippen molar-refractivity contribution in [2.24, 2.45) is 62.3 Å². The van der Waals surface area contributed by atoms with E-state index in [0.717, 1.165) is 97.0 Å². The van der Waals surface area contributed by atoms with Gasteiger partial charge in [0.2, 0.25) is 23.6 Å². The molecule has 4 aromatic heterocycles. The predicted molar refractivity (Wildman–Crippen MR) is 519 cm³/mol. The van der Waals surface area contributed by atoms with E-state index in [1.54, 1.807) is 65.0 Å². The molecule has 0 spiro atoms. The number of amides is 9. The van der Waals surface area contributed by atoms with Crippen LogP contribution in [0.1, 0.15) is 131 Å². The number of H-pyrrole nitrogens is 2. The average Bonchev–Trinajstić information content (AvgIpc) is 1.60. The van der Waals surface area contributed by atoms with Gasteiger partial charge in [-0.25, -0.2) is 22.2 Å². The minimum Gasteiger partial charge on any atom is -0.366 e. The number of fused-ring (bicyclic) bond motifs is 6. The fourth-order valence-corrected chi connectivity index (χ4v) is 17.6. The van der Waals surface area contributed by atoms with Gasteiger partial charge in [0.05, 0.1) is 63.0 Å². The van der Waals surface area contributed by atoms with E-state index < -0.39 is 41.2 Å². The van der Waals surface area contributed by atoms with Crippen molar-refractivity contribution in [3.05, 3.63) is 360 Å². The summed E-state index contributed by atoms with van der Waals surface area (Å²) in [4.78, 5) is 124. The van der Waals surface area contributed by atoms with Crippen LogP contribution in [0.25, 0.3) is 60.6 Å². The molecule has 9 aromatic carbocycles. The van der Waals surface area contributed by atoms with E-state index in [0.29, 0.717) is 104 Å². The molecular formula is C104H98F4N20O9. The first-order valence-corrected chi connectivity index (χ1v) is 43.9. The number of aromatic nitrogens is 6. The number of hydrogen-bond donors (Lipinski definition) is 12. The number of aromatic amines is 2. The van der Waals surface area contributed by atoms with Crippen molar-refractivity contribution < 1.29 is 60.7 Å². The molecule has 9 aliphatic rings. The maximum atomic E-state index is 14.0. The smallest absolute Gasteiger partial charge is 0.255 e. The number of halogens is 4. The van der Waals surface area contributed by atoms with Crippen LogP contribution in [-0.2, 0) is 40.8 Å². The highest BCUT2D eigenvalue weighted by Crippen LogP contribution is 2.38. The fourth-order valence-electron chi connectivity index (χ4n) is 17.6. The molecule has 6 unspecified atom stereocenters. The Kier molecular flexibility index (Phi) is 27.8. The molecule has 6 aliphatic heterocycles. The molecule has 0 radical (unpaired) electrons. The van der Waals surface area contributed by atoms with E-state index in [-0.39, 0.29) is 82.5 Å². The number of aryl methyl sites for hydroxylation is 6. The van der Waals surface area contributed by atoms with E-state index in [2.05, 4.69) is 68.5 Å². The summed E-state index contributed by atoms with van der Waals surface area (Å²) in [5, 5.41) is 24.2. The van der Waals surface area contributed by atoms with Crippen LogP contribution in [0.5, 0.6) is 0 Å². The third-order valence-electron chi connectivity index (χ3n) is 24.2. The van der Waals surface area contributed by atoms with Gasteiger partial charge in [-0.3, -0.25) is 62.8 Å². The standard InChI is InChI=1S/C18H15FN2O.C16H15FN2O.C15H13N3O.C15H15N3O.C12H11FN2O.C10H9FN2O2.C9H9N3O.C9H11N3O/c1-10-2-4-11(5-3-10)17-13-6-7-20-18(22)14-8-12(19)9-15(21-17)16(13)14;1-9-5-6-11(13(17)7-9)15-8-12-10(16(18)20)3-2-4-14(12)19-15;1-10-5-7-12(8-6-10)18-9-11-3-2-4-13(15(16)19)14(11)17-18;1-9-5-7-10(8-6-9)15-17-12-4-2-3-11(14(16)19)13(12)18-15;1-6-8-2-3-14-12(16)9-4-7(13)5-10(15-6)11(8)9;1-13-4-5-2-6(11)3-7(9(12)14)8(5)10(13)15;1-12-5-6-3-2-4-7(9(10)13)8(6)11-12;1-5-11-7-4-2-3-6(9(10)13)8(7)12-5/h2-5,8-9,21H,6-7H2,1H3,(H,20,22);2-7,12,14H,8H2,1H3,(H2,18,20);2-9H,1H3,(H2,16,19);2-8,12-13H,1H3,(H2,16,19)(H,17,18);4-5,15H,2-3H2,1H3,(H,14,16);2-3H,4H2,1H3,(H2,12,14);2-5H,1H3,(H2,10,13);2-4,7-8H,1H3,(H2,10,13)(H,11,12). The Morgan fingerprint density at radius 3 is 1.55 bits per heavy atom. The minimum atomic E-state index is -0.783. The molecule has 10 heterocycles. The van der Waals surface area contributed by atoms with Crippen LogP contribution in [0.3, 0.4) is 0 Å². The van der Waals surface area contributed by atoms with E-state index in [1.165, 1.54) is 58.0 Å². The molecule has 22 rings (SSSR count). The van der Waals surface area contributed by atoms with Crippen molar-refractivity contribution in [1.29, 1.82) is 0 Å². The van der Waals surface area contributed by atoms with Crippen molar-refractivity contribution >= 4 is 114 Å². The van der Waals surface area contributed by atoms with Gasteiger partial charge in [0.15, 0.2) is 0 Å². The molecule has 137 heavy (non-hydrogen) atoms. The number of nitrogens with one attached hydrogen (secondary N) is 6. The molecule has 33 heteroatoms. The van der Waals surface area contributed by atoms with Crippen LogP contribution >= 0.6 is 0 Å². The molecule has 9 amide bonds. The Morgan fingerprint density at radius 1 is 0.467 bits per heavy atom. The number of amidine groups is 2. The van der Waals surface area contributed by atoms with E-state index in [9.17, 15) is 60.7 Å². The summed E-state index contributed by atoms with van der Waals surface area (Å²) in [5.41, 5.74) is 51.4. The first-order valence-electron chi connectivity index (χ1n) is 43.9. The van der Waals surface area contributed by atoms with Crippen molar-refractivity contribution in [2.45, 2.75) is 97.6 Å². The third kappa shape index (κ3) is 20.8. The number of nitrogens with zero attached hydrogens (tertiary/aromatic N) is 8. The summed E-state index contributed by atoms with van der Waals surface area (Å²) < 4.78 is 57.7. The van der Waals surface area contributed by atoms with E-state index >= 15 is 0 Å². The van der Waals surface area contributed by atoms with Crippen LogP contribution in [0.2, 0.25) is 0 Å².